The van der Waals surface area contributed by atoms with Gasteiger partial charge in [-0.2, -0.15) is 0 Å². The number of rotatable bonds is 12. The second kappa shape index (κ2) is 12.3. The van der Waals surface area contributed by atoms with E-state index in [0.717, 1.165) is 38.2 Å². The highest BCUT2D eigenvalue weighted by atomic mass is 16.5. The van der Waals surface area contributed by atoms with E-state index in [1.54, 1.807) is 0 Å². The van der Waals surface area contributed by atoms with Gasteiger partial charge >= 0.3 is 0 Å². The van der Waals surface area contributed by atoms with E-state index in [4.69, 9.17) is 9.47 Å². The molecule has 0 aliphatic rings. The number of hydrogen-bond acceptors (Lipinski definition) is 2. The molecule has 0 aliphatic carbocycles. The summed E-state index contributed by atoms with van der Waals surface area (Å²) < 4.78 is 11.8. The van der Waals surface area contributed by atoms with Crippen LogP contribution in [0.2, 0.25) is 0 Å². The van der Waals surface area contributed by atoms with Crippen LogP contribution < -0.4 is 4.74 Å². The third kappa shape index (κ3) is 6.70. The minimum absolute atomic E-state index is 0.126. The predicted molar refractivity (Wildman–Crippen MR) is 132 cm³/mol. The monoisotopic (exact) mass is 416 g/mol. The second-order valence-corrected chi connectivity index (χ2v) is 8.11. The molecule has 1 atom stereocenters. The zero-order valence-electron chi connectivity index (χ0n) is 19.3. The van der Waals surface area contributed by atoms with Gasteiger partial charge in [0.1, 0.15) is 5.75 Å². The van der Waals surface area contributed by atoms with Crippen molar-refractivity contribution in [1.29, 1.82) is 0 Å². The molecule has 2 nitrogen and oxygen atoms in total. The molecule has 31 heavy (non-hydrogen) atoms. The van der Waals surface area contributed by atoms with Gasteiger partial charge in [-0.15, -0.1) is 0 Å². The third-order valence-corrected chi connectivity index (χ3v) is 5.67. The maximum absolute atomic E-state index is 6.00. The summed E-state index contributed by atoms with van der Waals surface area (Å²) in [5, 5.41) is 0. The first kappa shape index (κ1) is 23.1. The van der Waals surface area contributed by atoms with Crippen LogP contribution in [0.3, 0.4) is 0 Å². The molecule has 0 bridgehead atoms. The van der Waals surface area contributed by atoms with Crippen molar-refractivity contribution >= 4 is 0 Å². The fourth-order valence-corrected chi connectivity index (χ4v) is 3.69. The third-order valence-electron chi connectivity index (χ3n) is 5.67. The molecule has 3 rings (SSSR count). The zero-order chi connectivity index (χ0) is 21.9. The Morgan fingerprint density at radius 2 is 1.23 bits per heavy atom. The first-order valence-corrected chi connectivity index (χ1v) is 11.8. The Kier molecular flexibility index (Phi) is 9.17. The summed E-state index contributed by atoms with van der Waals surface area (Å²) in [6, 6.07) is 25.9. The van der Waals surface area contributed by atoms with Crippen LogP contribution in [0.1, 0.15) is 64.5 Å². The summed E-state index contributed by atoms with van der Waals surface area (Å²) in [6.45, 7) is 8.14. The van der Waals surface area contributed by atoms with Gasteiger partial charge < -0.3 is 9.47 Å². The summed E-state index contributed by atoms with van der Waals surface area (Å²) in [5.74, 6) is 0.937. The Balaban J connectivity index is 1.72. The first-order chi connectivity index (χ1) is 15.2. The maximum atomic E-state index is 6.00. The lowest BCUT2D eigenvalue weighted by Gasteiger charge is -2.15. The highest BCUT2D eigenvalue weighted by Crippen LogP contribution is 2.33. The zero-order valence-corrected chi connectivity index (χ0v) is 19.3. The lowest BCUT2D eigenvalue weighted by Crippen LogP contribution is -2.01. The van der Waals surface area contributed by atoms with Crippen molar-refractivity contribution in [2.24, 2.45) is 0 Å². The van der Waals surface area contributed by atoms with Crippen LogP contribution in [0.4, 0.5) is 0 Å². The molecule has 3 aromatic rings. The van der Waals surface area contributed by atoms with E-state index in [9.17, 15) is 0 Å². The minimum Gasteiger partial charge on any atom is -0.494 e. The first-order valence-electron chi connectivity index (χ1n) is 11.8. The van der Waals surface area contributed by atoms with E-state index >= 15 is 0 Å². The molecule has 0 aliphatic heterocycles. The molecule has 0 fully saturated rings. The van der Waals surface area contributed by atoms with Gasteiger partial charge in [0.05, 0.1) is 12.7 Å². The normalized spacial score (nSPS) is 12.0. The molecular weight excluding hydrogens is 380 g/mol. The Morgan fingerprint density at radius 1 is 0.645 bits per heavy atom. The van der Waals surface area contributed by atoms with Gasteiger partial charge in [-0.05, 0) is 59.7 Å². The van der Waals surface area contributed by atoms with Crippen molar-refractivity contribution < 1.29 is 9.47 Å². The second-order valence-electron chi connectivity index (χ2n) is 8.11. The highest BCUT2D eigenvalue weighted by molar-refractivity contribution is 5.83. The van der Waals surface area contributed by atoms with Gasteiger partial charge in [-0.25, -0.2) is 0 Å². The number of ether oxygens (including phenoxy) is 2. The Hall–Kier alpha value is -2.58. The van der Waals surface area contributed by atoms with Gasteiger partial charge in [0.15, 0.2) is 0 Å². The molecule has 164 valence electrons. The van der Waals surface area contributed by atoms with Crippen LogP contribution in [0.25, 0.3) is 22.3 Å². The predicted octanol–water partition coefficient (Wildman–Crippen LogP) is 8.47. The Morgan fingerprint density at radius 3 is 1.81 bits per heavy atom. The standard InChI is InChI=1S/C29H36O2/c1-4-6-10-22-30-23(3)24-13-15-25(16-14-24)28-11-8-9-12-29(28)26-17-19-27(20-18-26)31-21-7-5-2/h8-9,11-20,23H,4-7,10,21-22H2,1-3H3. The summed E-state index contributed by atoms with van der Waals surface area (Å²) in [5.41, 5.74) is 6.13. The van der Waals surface area contributed by atoms with Gasteiger partial charge in [-0.3, -0.25) is 0 Å². The van der Waals surface area contributed by atoms with Crippen LogP contribution in [-0.4, -0.2) is 13.2 Å². The van der Waals surface area contributed by atoms with Crippen molar-refractivity contribution in [3.63, 3.8) is 0 Å². The van der Waals surface area contributed by atoms with Crippen molar-refractivity contribution in [1.82, 2.24) is 0 Å². The number of hydrogen-bond donors (Lipinski definition) is 0. The fraction of sp³-hybridized carbons (Fsp3) is 0.379. The van der Waals surface area contributed by atoms with Gasteiger partial charge in [0.25, 0.3) is 0 Å². The van der Waals surface area contributed by atoms with E-state index in [-0.39, 0.29) is 6.10 Å². The molecule has 0 spiro atoms. The lowest BCUT2D eigenvalue weighted by molar-refractivity contribution is 0.0630. The van der Waals surface area contributed by atoms with Crippen LogP contribution >= 0.6 is 0 Å². The van der Waals surface area contributed by atoms with Gasteiger partial charge in [-0.1, -0.05) is 93.8 Å². The van der Waals surface area contributed by atoms with E-state index in [1.807, 2.05) is 0 Å². The fourth-order valence-electron chi connectivity index (χ4n) is 3.69. The molecule has 0 heterocycles. The SMILES string of the molecule is CCCCCOC(C)c1ccc(-c2ccccc2-c2ccc(OCCCC)cc2)cc1. The quantitative estimate of drug-likeness (QED) is 0.276. The van der Waals surface area contributed by atoms with Crippen LogP contribution in [0, 0.1) is 0 Å². The van der Waals surface area contributed by atoms with E-state index in [1.165, 1.54) is 40.7 Å². The highest BCUT2D eigenvalue weighted by Gasteiger charge is 2.10. The number of benzene rings is 3. The van der Waals surface area contributed by atoms with E-state index in [0.29, 0.717) is 0 Å². The summed E-state index contributed by atoms with van der Waals surface area (Å²) >= 11 is 0. The molecular formula is C29H36O2. The van der Waals surface area contributed by atoms with E-state index in [2.05, 4.69) is 93.6 Å². The molecule has 3 aromatic carbocycles. The molecule has 0 saturated carbocycles. The topological polar surface area (TPSA) is 18.5 Å². The molecule has 0 radical (unpaired) electrons. The number of unbranched alkanes of at least 4 members (excludes halogenated alkanes) is 3. The van der Waals surface area contributed by atoms with Crippen LogP contribution in [0.15, 0.2) is 72.8 Å². The molecule has 0 amide bonds. The summed E-state index contributed by atoms with van der Waals surface area (Å²) in [4.78, 5) is 0. The average molecular weight is 417 g/mol. The van der Waals surface area contributed by atoms with Crippen molar-refractivity contribution in [3.8, 4) is 28.0 Å². The van der Waals surface area contributed by atoms with Gasteiger partial charge in [0, 0.05) is 6.61 Å². The molecule has 1 unspecified atom stereocenters. The molecule has 2 heteroatoms. The average Bonchev–Trinajstić information content (AvgIpc) is 2.82. The molecule has 0 N–H and O–H groups in total. The summed E-state index contributed by atoms with van der Waals surface area (Å²) in [6.07, 6.45) is 5.95. The van der Waals surface area contributed by atoms with Gasteiger partial charge in [0.2, 0.25) is 0 Å². The Labute approximate surface area is 188 Å². The lowest BCUT2D eigenvalue weighted by atomic mass is 9.94. The Bertz CT molecular complexity index is 897. The van der Waals surface area contributed by atoms with Crippen LogP contribution in [0.5, 0.6) is 5.75 Å². The largest absolute Gasteiger partial charge is 0.494 e. The van der Waals surface area contributed by atoms with E-state index < -0.39 is 0 Å². The molecule has 0 saturated heterocycles. The molecule has 0 aromatic heterocycles. The van der Waals surface area contributed by atoms with Crippen molar-refractivity contribution in [2.75, 3.05) is 13.2 Å². The maximum Gasteiger partial charge on any atom is 0.119 e. The van der Waals surface area contributed by atoms with Crippen molar-refractivity contribution in [2.45, 2.75) is 59.0 Å². The smallest absolute Gasteiger partial charge is 0.119 e. The van der Waals surface area contributed by atoms with Crippen LogP contribution in [-0.2, 0) is 4.74 Å². The summed E-state index contributed by atoms with van der Waals surface area (Å²) in [7, 11) is 0. The van der Waals surface area contributed by atoms with Crippen molar-refractivity contribution in [3.05, 3.63) is 78.4 Å². The minimum atomic E-state index is 0.126.